The zero-order chi connectivity index (χ0) is 16.1. The number of aliphatic hydroxyl groups is 1. The number of hydrogen-bond acceptors (Lipinski definition) is 4. The molecule has 0 unspecified atom stereocenters. The van der Waals surface area contributed by atoms with Gasteiger partial charge in [0.1, 0.15) is 5.75 Å². The van der Waals surface area contributed by atoms with Crippen LogP contribution in [0.15, 0.2) is 36.4 Å². The van der Waals surface area contributed by atoms with E-state index in [0.29, 0.717) is 25.2 Å². The fourth-order valence-electron chi connectivity index (χ4n) is 4.10. The van der Waals surface area contributed by atoms with Gasteiger partial charge >= 0.3 is 5.97 Å². The van der Waals surface area contributed by atoms with Gasteiger partial charge in [0.25, 0.3) is 0 Å². The smallest absolute Gasteiger partial charge is 0.323 e. The standard InChI is InChI=1S/C19H20O4/c1-2-12-22-17(20)18-10-5-11-19(18,21)23-15-9-8-13-6-3-4-7-14(13)16(15)18/h3-4,6-9,21H,2,5,10-12H2,1H3/t18-,19-/m1/s1. The van der Waals surface area contributed by atoms with Crippen molar-refractivity contribution in [1.82, 2.24) is 0 Å². The summed E-state index contributed by atoms with van der Waals surface area (Å²) in [6.07, 6.45) is 2.48. The Bertz CT molecular complexity index is 784. The Labute approximate surface area is 135 Å². The number of rotatable bonds is 3. The summed E-state index contributed by atoms with van der Waals surface area (Å²) in [7, 11) is 0. The zero-order valence-electron chi connectivity index (χ0n) is 13.2. The van der Waals surface area contributed by atoms with Gasteiger partial charge in [-0.15, -0.1) is 0 Å². The summed E-state index contributed by atoms with van der Waals surface area (Å²) in [4.78, 5) is 13.0. The molecule has 2 aliphatic rings. The summed E-state index contributed by atoms with van der Waals surface area (Å²) >= 11 is 0. The predicted molar refractivity (Wildman–Crippen MR) is 86.3 cm³/mol. The molecule has 1 N–H and O–H groups in total. The summed E-state index contributed by atoms with van der Waals surface area (Å²) in [6, 6.07) is 11.7. The number of carbonyl (C=O) groups is 1. The second-order valence-electron chi connectivity index (χ2n) is 6.44. The molecular formula is C19H20O4. The molecule has 0 spiro atoms. The molecule has 4 nitrogen and oxygen atoms in total. The van der Waals surface area contributed by atoms with E-state index < -0.39 is 11.2 Å². The Morgan fingerprint density at radius 1 is 1.26 bits per heavy atom. The minimum absolute atomic E-state index is 0.358. The van der Waals surface area contributed by atoms with Gasteiger partial charge in [0.15, 0.2) is 5.41 Å². The maximum Gasteiger partial charge on any atom is 0.323 e. The Hall–Kier alpha value is -2.07. The summed E-state index contributed by atoms with van der Waals surface area (Å²) in [5, 5.41) is 13.1. The lowest BCUT2D eigenvalue weighted by atomic mass is 9.74. The Balaban J connectivity index is 1.97. The third-order valence-electron chi connectivity index (χ3n) is 5.12. The zero-order valence-corrected chi connectivity index (χ0v) is 13.2. The van der Waals surface area contributed by atoms with Crippen molar-refractivity contribution < 1.29 is 19.4 Å². The average Bonchev–Trinajstić information content (AvgIpc) is 3.01. The van der Waals surface area contributed by atoms with Gasteiger partial charge in [-0.2, -0.15) is 0 Å². The van der Waals surface area contributed by atoms with Crippen LogP contribution in [0.3, 0.4) is 0 Å². The van der Waals surface area contributed by atoms with Crippen molar-refractivity contribution in [2.24, 2.45) is 0 Å². The van der Waals surface area contributed by atoms with E-state index in [2.05, 4.69) is 0 Å². The first-order valence-corrected chi connectivity index (χ1v) is 8.23. The van der Waals surface area contributed by atoms with Crippen molar-refractivity contribution in [1.29, 1.82) is 0 Å². The van der Waals surface area contributed by atoms with Crippen molar-refractivity contribution in [2.45, 2.75) is 43.8 Å². The molecule has 1 aliphatic heterocycles. The van der Waals surface area contributed by atoms with Crippen LogP contribution in [-0.4, -0.2) is 23.5 Å². The van der Waals surface area contributed by atoms with Crippen molar-refractivity contribution >= 4 is 16.7 Å². The van der Waals surface area contributed by atoms with Gasteiger partial charge in [0.05, 0.1) is 6.61 Å². The second-order valence-corrected chi connectivity index (χ2v) is 6.44. The Morgan fingerprint density at radius 3 is 2.91 bits per heavy atom. The van der Waals surface area contributed by atoms with Crippen LogP contribution in [-0.2, 0) is 14.9 Å². The van der Waals surface area contributed by atoms with Gasteiger partial charge in [-0.25, -0.2) is 0 Å². The van der Waals surface area contributed by atoms with E-state index in [4.69, 9.17) is 9.47 Å². The van der Waals surface area contributed by atoms with Gasteiger partial charge in [0.2, 0.25) is 5.79 Å². The monoisotopic (exact) mass is 312 g/mol. The normalized spacial score (nSPS) is 28.3. The summed E-state index contributed by atoms with van der Waals surface area (Å²) < 4.78 is 11.4. The number of ether oxygens (including phenoxy) is 2. The highest BCUT2D eigenvalue weighted by molar-refractivity contribution is 5.98. The van der Waals surface area contributed by atoms with Crippen LogP contribution in [0.2, 0.25) is 0 Å². The number of carbonyl (C=O) groups excluding carboxylic acids is 1. The molecule has 0 amide bonds. The molecular weight excluding hydrogens is 292 g/mol. The molecule has 2 aromatic rings. The first-order valence-electron chi connectivity index (χ1n) is 8.23. The van der Waals surface area contributed by atoms with Gasteiger partial charge in [-0.05, 0) is 36.1 Å². The van der Waals surface area contributed by atoms with Crippen LogP contribution in [0.1, 0.15) is 38.2 Å². The molecule has 1 saturated carbocycles. The number of esters is 1. The second kappa shape index (κ2) is 4.96. The van der Waals surface area contributed by atoms with E-state index in [1.54, 1.807) is 0 Å². The lowest BCUT2D eigenvalue weighted by Gasteiger charge is -2.32. The molecule has 120 valence electrons. The van der Waals surface area contributed by atoms with Crippen molar-refractivity contribution in [3.63, 3.8) is 0 Å². The maximum atomic E-state index is 13.0. The molecule has 2 atom stereocenters. The number of fused-ring (bicyclic) bond motifs is 5. The molecule has 0 radical (unpaired) electrons. The minimum atomic E-state index is -1.50. The van der Waals surface area contributed by atoms with Crippen molar-refractivity contribution in [3.8, 4) is 5.75 Å². The Kier molecular flexibility index (Phi) is 3.13. The molecule has 2 aromatic carbocycles. The molecule has 1 fully saturated rings. The van der Waals surface area contributed by atoms with Gasteiger partial charge in [-0.3, -0.25) is 4.79 Å². The van der Waals surface area contributed by atoms with E-state index in [-0.39, 0.29) is 5.97 Å². The SMILES string of the molecule is CCCOC(=O)[C@]12CCC[C@@]1(O)Oc1ccc3ccccc3c12. The van der Waals surface area contributed by atoms with Crippen LogP contribution in [0.4, 0.5) is 0 Å². The lowest BCUT2D eigenvalue weighted by molar-refractivity contribution is -0.187. The highest BCUT2D eigenvalue weighted by atomic mass is 16.6. The first-order chi connectivity index (χ1) is 11.1. The maximum absolute atomic E-state index is 13.0. The van der Waals surface area contributed by atoms with E-state index >= 15 is 0 Å². The number of benzene rings is 2. The van der Waals surface area contributed by atoms with E-state index in [1.165, 1.54) is 0 Å². The third kappa shape index (κ3) is 1.78. The summed E-state index contributed by atoms with van der Waals surface area (Å²) in [5.41, 5.74) is -0.324. The first kappa shape index (κ1) is 14.5. The van der Waals surface area contributed by atoms with Crippen molar-refractivity contribution in [2.75, 3.05) is 6.61 Å². The van der Waals surface area contributed by atoms with Crippen LogP contribution >= 0.6 is 0 Å². The van der Waals surface area contributed by atoms with Crippen LogP contribution in [0, 0.1) is 0 Å². The van der Waals surface area contributed by atoms with Gasteiger partial charge < -0.3 is 14.6 Å². The molecule has 0 aromatic heterocycles. The van der Waals surface area contributed by atoms with Gasteiger partial charge in [0, 0.05) is 12.0 Å². The van der Waals surface area contributed by atoms with E-state index in [0.717, 1.165) is 29.2 Å². The van der Waals surface area contributed by atoms with Crippen LogP contribution in [0.5, 0.6) is 5.75 Å². The number of hydrogen-bond donors (Lipinski definition) is 1. The third-order valence-corrected chi connectivity index (χ3v) is 5.12. The van der Waals surface area contributed by atoms with E-state index in [9.17, 15) is 9.90 Å². The summed E-state index contributed by atoms with van der Waals surface area (Å²) in [5.74, 6) is -1.27. The molecule has 1 aliphatic carbocycles. The quantitative estimate of drug-likeness (QED) is 0.884. The average molecular weight is 312 g/mol. The highest BCUT2D eigenvalue weighted by Crippen LogP contribution is 2.59. The molecule has 0 bridgehead atoms. The lowest BCUT2D eigenvalue weighted by Crippen LogP contribution is -2.53. The van der Waals surface area contributed by atoms with Crippen molar-refractivity contribution in [3.05, 3.63) is 42.0 Å². The molecule has 23 heavy (non-hydrogen) atoms. The van der Waals surface area contributed by atoms with Crippen LogP contribution in [0.25, 0.3) is 10.8 Å². The fraction of sp³-hybridized carbons (Fsp3) is 0.421. The molecule has 4 rings (SSSR count). The molecule has 1 heterocycles. The summed E-state index contributed by atoms with van der Waals surface area (Å²) in [6.45, 7) is 2.32. The highest BCUT2D eigenvalue weighted by Gasteiger charge is 2.68. The van der Waals surface area contributed by atoms with E-state index in [1.807, 2.05) is 43.3 Å². The molecule has 4 heteroatoms. The van der Waals surface area contributed by atoms with Gasteiger partial charge in [-0.1, -0.05) is 37.3 Å². The van der Waals surface area contributed by atoms with Crippen LogP contribution < -0.4 is 4.74 Å². The Morgan fingerprint density at radius 2 is 2.09 bits per heavy atom. The fourth-order valence-corrected chi connectivity index (χ4v) is 4.10. The molecule has 0 saturated heterocycles. The topological polar surface area (TPSA) is 55.8 Å². The predicted octanol–water partition coefficient (Wildman–Crippen LogP) is 3.30. The minimum Gasteiger partial charge on any atom is -0.465 e. The largest absolute Gasteiger partial charge is 0.465 e.